The van der Waals surface area contributed by atoms with Gasteiger partial charge in [-0.05, 0) is 42.3 Å². The number of carbonyl (C=O) groups excluding carboxylic acids is 1. The lowest BCUT2D eigenvalue weighted by Crippen LogP contribution is -2.29. The predicted octanol–water partition coefficient (Wildman–Crippen LogP) is 4.50. The van der Waals surface area contributed by atoms with Gasteiger partial charge in [-0.2, -0.15) is 0 Å². The fraction of sp³-hybridized carbons (Fsp3) is 0.0870. The summed E-state index contributed by atoms with van der Waals surface area (Å²) in [5.41, 5.74) is 5.38. The third-order valence-corrected chi connectivity index (χ3v) is 5.04. The van der Waals surface area contributed by atoms with E-state index in [9.17, 15) is 4.79 Å². The van der Waals surface area contributed by atoms with E-state index in [1.165, 1.54) is 5.56 Å². The van der Waals surface area contributed by atoms with E-state index >= 15 is 0 Å². The number of hydrogen-bond acceptors (Lipinski definition) is 3. The van der Waals surface area contributed by atoms with Gasteiger partial charge in [-0.25, -0.2) is 4.98 Å². The van der Waals surface area contributed by atoms with E-state index < -0.39 is 0 Å². The first-order valence-corrected chi connectivity index (χ1v) is 9.01. The van der Waals surface area contributed by atoms with Crippen LogP contribution in [-0.4, -0.2) is 22.4 Å². The van der Waals surface area contributed by atoms with Gasteiger partial charge in [-0.1, -0.05) is 36.4 Å². The van der Waals surface area contributed by atoms with Crippen LogP contribution in [0.1, 0.15) is 15.9 Å². The number of anilines is 1. The van der Waals surface area contributed by atoms with Crippen LogP contribution in [0.15, 0.2) is 79.1 Å². The Labute approximate surface area is 157 Å². The van der Waals surface area contributed by atoms with Gasteiger partial charge in [-0.15, -0.1) is 0 Å². The van der Waals surface area contributed by atoms with Crippen LogP contribution < -0.4 is 4.90 Å². The summed E-state index contributed by atoms with van der Waals surface area (Å²) in [6, 6.07) is 21.7. The molecule has 27 heavy (non-hydrogen) atoms. The number of nitrogens with zero attached hydrogens (tertiary/aromatic N) is 3. The van der Waals surface area contributed by atoms with Crippen molar-refractivity contribution in [3.05, 3.63) is 90.3 Å². The third-order valence-electron chi connectivity index (χ3n) is 5.04. The molecule has 4 aromatic rings. The summed E-state index contributed by atoms with van der Waals surface area (Å²) in [5, 5.41) is 0.875. The van der Waals surface area contributed by atoms with Crippen LogP contribution in [0.5, 0.6) is 0 Å². The second-order valence-corrected chi connectivity index (χ2v) is 6.65. The number of carbonyl (C=O) groups is 1. The summed E-state index contributed by atoms with van der Waals surface area (Å²) in [5.74, 6) is 0.0173. The topological polar surface area (TPSA) is 46.1 Å². The monoisotopic (exact) mass is 351 g/mol. The third kappa shape index (κ3) is 2.66. The van der Waals surface area contributed by atoms with Crippen LogP contribution in [0.3, 0.4) is 0 Å². The van der Waals surface area contributed by atoms with E-state index in [-0.39, 0.29) is 5.91 Å². The van der Waals surface area contributed by atoms with Crippen molar-refractivity contribution in [1.29, 1.82) is 0 Å². The zero-order valence-corrected chi connectivity index (χ0v) is 14.7. The molecule has 5 rings (SSSR count). The van der Waals surface area contributed by atoms with E-state index in [2.05, 4.69) is 11.1 Å². The summed E-state index contributed by atoms with van der Waals surface area (Å²) in [6.07, 6.45) is 4.40. The minimum absolute atomic E-state index is 0.0173. The molecule has 0 unspecified atom stereocenters. The summed E-state index contributed by atoms with van der Waals surface area (Å²) in [4.78, 5) is 24.3. The Hall–Kier alpha value is -3.53. The number of pyridine rings is 2. The molecule has 0 spiro atoms. The average Bonchev–Trinajstić information content (AvgIpc) is 3.17. The maximum absolute atomic E-state index is 13.5. The molecule has 4 heteroatoms. The van der Waals surface area contributed by atoms with Crippen LogP contribution in [0.25, 0.3) is 22.2 Å². The Balaban J connectivity index is 1.67. The lowest BCUT2D eigenvalue weighted by atomic mass is 10.0. The summed E-state index contributed by atoms with van der Waals surface area (Å²) in [6.45, 7) is 0.705. The second-order valence-electron chi connectivity index (χ2n) is 6.65. The Kier molecular flexibility index (Phi) is 3.68. The fourth-order valence-electron chi connectivity index (χ4n) is 3.71. The van der Waals surface area contributed by atoms with Crippen molar-refractivity contribution in [2.75, 3.05) is 11.4 Å². The molecule has 0 N–H and O–H groups in total. The van der Waals surface area contributed by atoms with E-state index in [1.54, 1.807) is 12.4 Å². The molecule has 1 amide bonds. The minimum Gasteiger partial charge on any atom is -0.308 e. The van der Waals surface area contributed by atoms with Gasteiger partial charge in [-0.3, -0.25) is 9.78 Å². The van der Waals surface area contributed by atoms with Gasteiger partial charge >= 0.3 is 0 Å². The number of hydrogen-bond donors (Lipinski definition) is 0. The number of benzene rings is 2. The van der Waals surface area contributed by atoms with E-state index in [4.69, 9.17) is 4.98 Å². The van der Waals surface area contributed by atoms with Crippen LogP contribution >= 0.6 is 0 Å². The molecule has 0 fully saturated rings. The molecule has 2 aromatic carbocycles. The van der Waals surface area contributed by atoms with Crippen molar-refractivity contribution >= 4 is 22.5 Å². The summed E-state index contributed by atoms with van der Waals surface area (Å²) >= 11 is 0. The quantitative estimate of drug-likeness (QED) is 0.534. The first-order valence-electron chi connectivity index (χ1n) is 9.01. The Morgan fingerprint density at radius 2 is 1.81 bits per heavy atom. The van der Waals surface area contributed by atoms with Crippen molar-refractivity contribution in [1.82, 2.24) is 9.97 Å². The van der Waals surface area contributed by atoms with Crippen molar-refractivity contribution in [2.24, 2.45) is 0 Å². The molecule has 0 saturated carbocycles. The first-order chi connectivity index (χ1) is 13.3. The van der Waals surface area contributed by atoms with Crippen molar-refractivity contribution in [3.63, 3.8) is 0 Å². The van der Waals surface area contributed by atoms with E-state index in [0.717, 1.165) is 34.3 Å². The van der Waals surface area contributed by atoms with Crippen LogP contribution in [0.2, 0.25) is 0 Å². The SMILES string of the molecule is O=C(c1cc(-c2cccnc2)nc2ccccc12)N1CCc2ccccc21. The molecular weight excluding hydrogens is 334 g/mol. The highest BCUT2D eigenvalue weighted by Gasteiger charge is 2.26. The highest BCUT2D eigenvalue weighted by molar-refractivity contribution is 6.15. The van der Waals surface area contributed by atoms with Crippen molar-refractivity contribution in [3.8, 4) is 11.3 Å². The van der Waals surface area contributed by atoms with Gasteiger partial charge in [0, 0.05) is 35.6 Å². The molecule has 130 valence electrons. The number of fused-ring (bicyclic) bond motifs is 2. The molecule has 2 aromatic heterocycles. The van der Waals surface area contributed by atoms with Gasteiger partial charge in [0.15, 0.2) is 0 Å². The summed E-state index contributed by atoms with van der Waals surface area (Å²) < 4.78 is 0. The van der Waals surface area contributed by atoms with Crippen LogP contribution in [-0.2, 0) is 6.42 Å². The molecular formula is C23H17N3O. The number of rotatable bonds is 2. The second kappa shape index (κ2) is 6.32. The number of amides is 1. The predicted molar refractivity (Wildman–Crippen MR) is 107 cm³/mol. The Morgan fingerprint density at radius 3 is 2.70 bits per heavy atom. The minimum atomic E-state index is 0.0173. The molecule has 0 aliphatic carbocycles. The maximum Gasteiger partial charge on any atom is 0.259 e. The van der Waals surface area contributed by atoms with Gasteiger partial charge in [0.1, 0.15) is 0 Å². The van der Waals surface area contributed by atoms with Gasteiger partial charge < -0.3 is 4.90 Å². The lowest BCUT2D eigenvalue weighted by Gasteiger charge is -2.19. The van der Waals surface area contributed by atoms with E-state index in [0.29, 0.717) is 12.1 Å². The maximum atomic E-state index is 13.5. The lowest BCUT2D eigenvalue weighted by molar-refractivity contribution is 0.0991. The molecule has 1 aliphatic rings. The highest BCUT2D eigenvalue weighted by atomic mass is 16.2. The normalized spacial score (nSPS) is 13.0. The molecule has 3 heterocycles. The molecule has 0 radical (unpaired) electrons. The molecule has 0 atom stereocenters. The molecule has 1 aliphatic heterocycles. The van der Waals surface area contributed by atoms with Crippen LogP contribution in [0, 0.1) is 0 Å². The fourth-order valence-corrected chi connectivity index (χ4v) is 3.71. The number of para-hydroxylation sites is 2. The van der Waals surface area contributed by atoms with Gasteiger partial charge in [0.05, 0.1) is 16.8 Å². The Bertz CT molecular complexity index is 1150. The van der Waals surface area contributed by atoms with E-state index in [1.807, 2.05) is 65.6 Å². The van der Waals surface area contributed by atoms with Crippen molar-refractivity contribution in [2.45, 2.75) is 6.42 Å². The zero-order valence-electron chi connectivity index (χ0n) is 14.7. The van der Waals surface area contributed by atoms with Crippen molar-refractivity contribution < 1.29 is 4.79 Å². The standard InChI is InChI=1S/C23H17N3O/c27-23(26-13-11-16-6-1-4-10-22(16)26)19-14-21(17-7-5-12-24-15-17)25-20-9-3-2-8-18(19)20/h1-10,12,14-15H,11,13H2. The number of aromatic nitrogens is 2. The smallest absolute Gasteiger partial charge is 0.259 e. The van der Waals surface area contributed by atoms with Gasteiger partial charge in [0.2, 0.25) is 0 Å². The zero-order chi connectivity index (χ0) is 18.2. The highest BCUT2D eigenvalue weighted by Crippen LogP contribution is 2.31. The summed E-state index contributed by atoms with van der Waals surface area (Å²) in [7, 11) is 0. The molecule has 0 saturated heterocycles. The van der Waals surface area contributed by atoms with Gasteiger partial charge in [0.25, 0.3) is 5.91 Å². The first kappa shape index (κ1) is 15.7. The Morgan fingerprint density at radius 1 is 0.963 bits per heavy atom. The molecule has 4 nitrogen and oxygen atoms in total. The molecule has 0 bridgehead atoms. The largest absolute Gasteiger partial charge is 0.308 e. The average molecular weight is 351 g/mol. The van der Waals surface area contributed by atoms with Crippen LogP contribution in [0.4, 0.5) is 5.69 Å².